The SMILES string of the molecule is CC(C)=CC#CCC(F)(F)F. The molecule has 0 aliphatic heterocycles. The van der Waals surface area contributed by atoms with Crippen molar-refractivity contribution >= 4 is 0 Å². The summed E-state index contributed by atoms with van der Waals surface area (Å²) in [6.45, 7) is 3.56. The van der Waals surface area contributed by atoms with Crippen LogP contribution in [0, 0.1) is 11.8 Å². The fourth-order valence-electron chi connectivity index (χ4n) is 0.347. The zero-order chi connectivity index (χ0) is 8.91. The van der Waals surface area contributed by atoms with Gasteiger partial charge < -0.3 is 0 Å². The number of hydrogen-bond acceptors (Lipinski definition) is 0. The van der Waals surface area contributed by atoms with Crippen molar-refractivity contribution in [3.63, 3.8) is 0 Å². The van der Waals surface area contributed by atoms with E-state index in [1.807, 2.05) is 5.92 Å². The Balaban J connectivity index is 3.84. The summed E-state index contributed by atoms with van der Waals surface area (Å²) in [6.07, 6.45) is -3.73. The van der Waals surface area contributed by atoms with Gasteiger partial charge in [0.25, 0.3) is 0 Å². The van der Waals surface area contributed by atoms with Crippen LogP contribution < -0.4 is 0 Å². The molecule has 11 heavy (non-hydrogen) atoms. The molecular formula is C8H9F3. The van der Waals surface area contributed by atoms with Crippen LogP contribution >= 0.6 is 0 Å². The predicted molar refractivity (Wildman–Crippen MR) is 37.9 cm³/mol. The lowest BCUT2D eigenvalue weighted by molar-refractivity contribution is -0.123. The second kappa shape index (κ2) is 4.07. The van der Waals surface area contributed by atoms with E-state index < -0.39 is 12.6 Å². The van der Waals surface area contributed by atoms with Crippen molar-refractivity contribution in [2.75, 3.05) is 0 Å². The van der Waals surface area contributed by atoms with Gasteiger partial charge in [-0.1, -0.05) is 17.4 Å². The largest absolute Gasteiger partial charge is 0.399 e. The molecule has 0 saturated carbocycles. The van der Waals surface area contributed by atoms with Gasteiger partial charge in [-0.25, -0.2) is 0 Å². The maximum Gasteiger partial charge on any atom is 0.399 e. The highest BCUT2D eigenvalue weighted by Crippen LogP contribution is 2.17. The molecule has 0 atom stereocenters. The molecule has 0 amide bonds. The average Bonchev–Trinajstić information content (AvgIpc) is 1.78. The van der Waals surface area contributed by atoms with Crippen molar-refractivity contribution in [3.8, 4) is 11.8 Å². The van der Waals surface area contributed by atoms with E-state index in [1.165, 1.54) is 6.08 Å². The molecule has 0 aliphatic rings. The van der Waals surface area contributed by atoms with Crippen LogP contribution in [-0.2, 0) is 0 Å². The molecule has 0 aromatic heterocycles. The third-order valence-corrected chi connectivity index (χ3v) is 0.752. The molecule has 0 heterocycles. The Kier molecular flexibility index (Phi) is 3.73. The number of rotatable bonds is 0. The van der Waals surface area contributed by atoms with Crippen LogP contribution in [0.25, 0.3) is 0 Å². The Hall–Kier alpha value is -0.910. The van der Waals surface area contributed by atoms with Gasteiger partial charge in [-0.05, 0) is 19.9 Å². The van der Waals surface area contributed by atoms with Gasteiger partial charge in [-0.3, -0.25) is 0 Å². The van der Waals surface area contributed by atoms with E-state index in [2.05, 4.69) is 5.92 Å². The maximum absolute atomic E-state index is 11.5. The van der Waals surface area contributed by atoms with Crippen molar-refractivity contribution in [2.24, 2.45) is 0 Å². The summed E-state index contributed by atoms with van der Waals surface area (Å²) in [4.78, 5) is 0. The minimum atomic E-state index is -4.16. The zero-order valence-corrected chi connectivity index (χ0v) is 6.42. The van der Waals surface area contributed by atoms with Crippen LogP contribution in [0.15, 0.2) is 11.6 Å². The summed E-state index contributed by atoms with van der Waals surface area (Å²) in [5.41, 5.74) is 0.902. The summed E-state index contributed by atoms with van der Waals surface area (Å²) >= 11 is 0. The van der Waals surface area contributed by atoms with E-state index in [0.29, 0.717) is 0 Å². The molecule has 0 bridgehead atoms. The number of halogens is 3. The van der Waals surface area contributed by atoms with Crippen LogP contribution in [0.4, 0.5) is 13.2 Å². The topological polar surface area (TPSA) is 0 Å². The number of alkyl halides is 3. The predicted octanol–water partition coefficient (Wildman–Crippen LogP) is 2.91. The molecule has 0 nitrogen and oxygen atoms in total. The lowest BCUT2D eigenvalue weighted by Crippen LogP contribution is -2.04. The molecule has 0 rings (SSSR count). The standard InChI is InChI=1S/C8H9F3/c1-7(2)5-3-4-6-8(9,10)11/h5H,6H2,1-2H3. The molecule has 0 aliphatic carbocycles. The second-order valence-electron chi connectivity index (χ2n) is 2.33. The van der Waals surface area contributed by atoms with Crippen molar-refractivity contribution in [2.45, 2.75) is 26.4 Å². The van der Waals surface area contributed by atoms with Crippen molar-refractivity contribution in [1.82, 2.24) is 0 Å². The molecular weight excluding hydrogens is 153 g/mol. The monoisotopic (exact) mass is 162 g/mol. The van der Waals surface area contributed by atoms with Crippen LogP contribution in [0.2, 0.25) is 0 Å². The minimum absolute atomic E-state index is 0.902. The first-order valence-corrected chi connectivity index (χ1v) is 3.10. The molecule has 3 heteroatoms. The van der Waals surface area contributed by atoms with Crippen molar-refractivity contribution in [3.05, 3.63) is 11.6 Å². The normalized spacial score (nSPS) is 9.91. The van der Waals surface area contributed by atoms with Gasteiger partial charge in [-0.15, -0.1) is 0 Å². The van der Waals surface area contributed by atoms with E-state index in [1.54, 1.807) is 13.8 Å². The fraction of sp³-hybridized carbons (Fsp3) is 0.500. The van der Waals surface area contributed by atoms with Crippen LogP contribution in [0.3, 0.4) is 0 Å². The number of hydrogen-bond donors (Lipinski definition) is 0. The maximum atomic E-state index is 11.5. The summed E-state index contributed by atoms with van der Waals surface area (Å²) < 4.78 is 34.4. The molecule has 0 fully saturated rings. The second-order valence-corrected chi connectivity index (χ2v) is 2.33. The Labute approximate surface area is 64.1 Å². The van der Waals surface area contributed by atoms with E-state index in [-0.39, 0.29) is 0 Å². The lowest BCUT2D eigenvalue weighted by Gasteiger charge is -1.96. The van der Waals surface area contributed by atoms with Crippen molar-refractivity contribution in [1.29, 1.82) is 0 Å². The highest BCUT2D eigenvalue weighted by Gasteiger charge is 2.24. The first-order valence-electron chi connectivity index (χ1n) is 3.10. The van der Waals surface area contributed by atoms with E-state index in [0.717, 1.165) is 5.57 Å². The Morgan fingerprint density at radius 1 is 1.36 bits per heavy atom. The quantitative estimate of drug-likeness (QED) is 0.480. The first-order chi connectivity index (χ1) is 4.92. The molecule has 0 N–H and O–H groups in total. The van der Waals surface area contributed by atoms with Gasteiger partial charge in [0, 0.05) is 0 Å². The average molecular weight is 162 g/mol. The summed E-state index contributed by atoms with van der Waals surface area (Å²) in [5.74, 6) is 4.31. The summed E-state index contributed by atoms with van der Waals surface area (Å²) in [5, 5.41) is 0. The van der Waals surface area contributed by atoms with Crippen LogP contribution in [0.1, 0.15) is 20.3 Å². The number of allylic oxidation sites excluding steroid dienone is 2. The van der Waals surface area contributed by atoms with Gasteiger partial charge >= 0.3 is 6.18 Å². The Morgan fingerprint density at radius 3 is 2.27 bits per heavy atom. The third kappa shape index (κ3) is 9.09. The van der Waals surface area contributed by atoms with Crippen LogP contribution in [0.5, 0.6) is 0 Å². The molecule has 62 valence electrons. The third-order valence-electron chi connectivity index (χ3n) is 0.752. The fourth-order valence-corrected chi connectivity index (χ4v) is 0.347. The van der Waals surface area contributed by atoms with E-state index in [9.17, 15) is 13.2 Å². The molecule has 0 saturated heterocycles. The smallest absolute Gasteiger partial charge is 0.170 e. The van der Waals surface area contributed by atoms with E-state index >= 15 is 0 Å². The summed E-state index contributed by atoms with van der Waals surface area (Å²) in [7, 11) is 0. The summed E-state index contributed by atoms with van der Waals surface area (Å²) in [6, 6.07) is 0. The van der Waals surface area contributed by atoms with Gasteiger partial charge in [0.05, 0.1) is 0 Å². The zero-order valence-electron chi connectivity index (χ0n) is 6.42. The van der Waals surface area contributed by atoms with Crippen molar-refractivity contribution < 1.29 is 13.2 Å². The van der Waals surface area contributed by atoms with Gasteiger partial charge in [0.15, 0.2) is 0 Å². The molecule has 0 aromatic carbocycles. The lowest BCUT2D eigenvalue weighted by atomic mass is 10.3. The highest BCUT2D eigenvalue weighted by atomic mass is 19.4. The van der Waals surface area contributed by atoms with Crippen LogP contribution in [-0.4, -0.2) is 6.18 Å². The van der Waals surface area contributed by atoms with Gasteiger partial charge in [-0.2, -0.15) is 13.2 Å². The van der Waals surface area contributed by atoms with Gasteiger partial charge in [0.1, 0.15) is 6.42 Å². The minimum Gasteiger partial charge on any atom is -0.170 e. The molecule has 0 aromatic rings. The molecule has 0 radical (unpaired) electrons. The first kappa shape index (κ1) is 10.1. The Morgan fingerprint density at radius 2 is 1.91 bits per heavy atom. The molecule has 0 spiro atoms. The Bertz CT molecular complexity index is 196. The van der Waals surface area contributed by atoms with Gasteiger partial charge in [0.2, 0.25) is 0 Å². The van der Waals surface area contributed by atoms with E-state index in [4.69, 9.17) is 0 Å². The highest BCUT2D eigenvalue weighted by molar-refractivity contribution is 5.19. The molecule has 0 unspecified atom stereocenters.